The molecule has 1 atom stereocenters. The van der Waals surface area contributed by atoms with E-state index >= 15 is 0 Å². The highest BCUT2D eigenvalue weighted by molar-refractivity contribution is 5.97. The van der Waals surface area contributed by atoms with E-state index in [9.17, 15) is 20.0 Å². The Morgan fingerprint density at radius 1 is 1.56 bits per heavy atom. The quantitative estimate of drug-likeness (QED) is 0.635. The lowest BCUT2D eigenvalue weighted by Gasteiger charge is -2.07. The topological polar surface area (TPSA) is 92.5 Å². The number of carbonyl (C=O) groups excluding carboxylic acids is 1. The number of hydrogen-bond donors (Lipinski definition) is 2. The molecule has 0 heterocycles. The Bertz CT molecular complexity index is 525. The minimum atomic E-state index is -0.590. The molecule has 1 amide bonds. The van der Waals surface area contributed by atoms with Crippen molar-refractivity contribution in [2.24, 2.45) is 11.3 Å². The molecule has 96 valence electrons. The summed E-state index contributed by atoms with van der Waals surface area (Å²) in [7, 11) is 0. The second kappa shape index (κ2) is 3.97. The van der Waals surface area contributed by atoms with E-state index in [2.05, 4.69) is 5.32 Å². The molecule has 1 aromatic rings. The second-order valence-corrected chi connectivity index (χ2v) is 5.19. The molecular formula is C12H14N2O4. The van der Waals surface area contributed by atoms with Crippen molar-refractivity contribution in [3.63, 3.8) is 0 Å². The van der Waals surface area contributed by atoms with Crippen molar-refractivity contribution in [2.45, 2.75) is 20.3 Å². The highest BCUT2D eigenvalue weighted by Gasteiger charge is 2.50. The van der Waals surface area contributed by atoms with Crippen molar-refractivity contribution in [3.8, 4) is 5.75 Å². The van der Waals surface area contributed by atoms with Gasteiger partial charge in [-0.05, 0) is 17.9 Å². The molecule has 6 nitrogen and oxygen atoms in total. The first-order valence-corrected chi connectivity index (χ1v) is 5.59. The van der Waals surface area contributed by atoms with Crippen molar-refractivity contribution in [3.05, 3.63) is 28.3 Å². The summed E-state index contributed by atoms with van der Waals surface area (Å²) in [6.07, 6.45) is 0.769. The third kappa shape index (κ3) is 2.27. The molecule has 1 fully saturated rings. The fourth-order valence-corrected chi connectivity index (χ4v) is 1.92. The summed E-state index contributed by atoms with van der Waals surface area (Å²) in [5, 5.41) is 22.6. The van der Waals surface area contributed by atoms with Crippen LogP contribution in [0.15, 0.2) is 18.2 Å². The lowest BCUT2D eigenvalue weighted by Crippen LogP contribution is -2.17. The monoisotopic (exact) mass is 250 g/mol. The molecule has 0 aliphatic heterocycles. The Labute approximate surface area is 104 Å². The van der Waals surface area contributed by atoms with Gasteiger partial charge >= 0.3 is 0 Å². The van der Waals surface area contributed by atoms with E-state index in [1.165, 1.54) is 18.2 Å². The molecule has 0 bridgehead atoms. The van der Waals surface area contributed by atoms with Crippen LogP contribution in [-0.4, -0.2) is 15.9 Å². The lowest BCUT2D eigenvalue weighted by atomic mass is 10.1. The van der Waals surface area contributed by atoms with Crippen molar-refractivity contribution in [2.75, 3.05) is 5.32 Å². The van der Waals surface area contributed by atoms with E-state index in [1.54, 1.807) is 0 Å². The second-order valence-electron chi connectivity index (χ2n) is 5.19. The van der Waals surface area contributed by atoms with Crippen LogP contribution in [0, 0.1) is 21.4 Å². The number of benzene rings is 1. The molecule has 6 heteroatoms. The molecule has 1 aliphatic rings. The van der Waals surface area contributed by atoms with Gasteiger partial charge < -0.3 is 10.4 Å². The molecule has 2 N–H and O–H groups in total. The minimum absolute atomic E-state index is 0.0349. The first-order chi connectivity index (χ1) is 8.31. The molecule has 1 unspecified atom stereocenters. The summed E-state index contributed by atoms with van der Waals surface area (Å²) >= 11 is 0. The summed E-state index contributed by atoms with van der Waals surface area (Å²) < 4.78 is 0. The zero-order valence-electron chi connectivity index (χ0n) is 10.1. The van der Waals surface area contributed by atoms with Gasteiger partial charge in [-0.2, -0.15) is 0 Å². The normalized spacial score (nSPS) is 20.2. The molecule has 18 heavy (non-hydrogen) atoms. The Balaban J connectivity index is 2.21. The number of nitrogens with zero attached hydrogens (tertiary/aromatic N) is 1. The fourth-order valence-electron chi connectivity index (χ4n) is 1.92. The van der Waals surface area contributed by atoms with Crippen LogP contribution in [0.5, 0.6) is 5.75 Å². The predicted octanol–water partition coefficient (Wildman–Crippen LogP) is 2.29. The highest BCUT2D eigenvalue weighted by Crippen LogP contribution is 2.52. The standard InChI is InChI=1S/C12H14N2O4/c1-12(2)6-8(12)11(16)13-9-5-7(15)3-4-10(9)14(17)18/h3-5,8,15H,6H2,1-2H3,(H,13,16). The van der Waals surface area contributed by atoms with Crippen LogP contribution >= 0.6 is 0 Å². The number of anilines is 1. The van der Waals surface area contributed by atoms with Crippen LogP contribution < -0.4 is 5.32 Å². The Morgan fingerprint density at radius 3 is 2.67 bits per heavy atom. The van der Waals surface area contributed by atoms with Crippen LogP contribution in [0.2, 0.25) is 0 Å². The molecule has 0 aromatic heterocycles. The molecule has 0 spiro atoms. The summed E-state index contributed by atoms with van der Waals surface area (Å²) in [6.45, 7) is 3.93. The Kier molecular flexibility index (Phi) is 2.73. The van der Waals surface area contributed by atoms with Crippen LogP contribution in [0.4, 0.5) is 11.4 Å². The SMILES string of the molecule is CC1(C)CC1C(=O)Nc1cc(O)ccc1[N+](=O)[O-]. The number of phenolic OH excluding ortho intramolecular Hbond substituents is 1. The Morgan fingerprint density at radius 2 is 2.17 bits per heavy atom. The smallest absolute Gasteiger partial charge is 0.293 e. The van der Waals surface area contributed by atoms with Gasteiger partial charge in [-0.15, -0.1) is 0 Å². The third-order valence-electron chi connectivity index (χ3n) is 3.26. The number of amides is 1. The zero-order valence-corrected chi connectivity index (χ0v) is 10.1. The fraction of sp³-hybridized carbons (Fsp3) is 0.417. The lowest BCUT2D eigenvalue weighted by molar-refractivity contribution is -0.384. The maximum absolute atomic E-state index is 11.9. The number of nitrogens with one attached hydrogen (secondary N) is 1. The van der Waals surface area contributed by atoms with Gasteiger partial charge in [0.05, 0.1) is 4.92 Å². The number of nitro benzene ring substituents is 1. The molecule has 1 aliphatic carbocycles. The predicted molar refractivity (Wildman–Crippen MR) is 65.3 cm³/mol. The minimum Gasteiger partial charge on any atom is -0.508 e. The average Bonchev–Trinajstić information content (AvgIpc) is 2.87. The number of rotatable bonds is 3. The van der Waals surface area contributed by atoms with Crippen LogP contribution in [-0.2, 0) is 4.79 Å². The first-order valence-electron chi connectivity index (χ1n) is 5.59. The largest absolute Gasteiger partial charge is 0.508 e. The zero-order chi connectivity index (χ0) is 13.5. The van der Waals surface area contributed by atoms with Crippen molar-refractivity contribution in [1.29, 1.82) is 0 Å². The maximum atomic E-state index is 11.9. The summed E-state index contributed by atoms with van der Waals surface area (Å²) in [5.41, 5.74) is -0.234. The number of hydrogen-bond acceptors (Lipinski definition) is 4. The average molecular weight is 250 g/mol. The molecule has 2 rings (SSSR count). The van der Waals surface area contributed by atoms with Crippen molar-refractivity contribution in [1.82, 2.24) is 0 Å². The summed E-state index contributed by atoms with van der Waals surface area (Å²) in [4.78, 5) is 22.1. The van der Waals surface area contributed by atoms with Gasteiger partial charge in [0.15, 0.2) is 0 Å². The van der Waals surface area contributed by atoms with Gasteiger partial charge in [-0.1, -0.05) is 13.8 Å². The maximum Gasteiger partial charge on any atom is 0.293 e. The van der Waals surface area contributed by atoms with E-state index in [0.29, 0.717) is 0 Å². The van der Waals surface area contributed by atoms with Gasteiger partial charge in [0.25, 0.3) is 5.69 Å². The molecule has 0 radical (unpaired) electrons. The van der Waals surface area contributed by atoms with E-state index in [-0.39, 0.29) is 34.4 Å². The number of phenols is 1. The number of nitro groups is 1. The number of aromatic hydroxyl groups is 1. The van der Waals surface area contributed by atoms with Crippen LogP contribution in [0.3, 0.4) is 0 Å². The highest BCUT2D eigenvalue weighted by atomic mass is 16.6. The molecular weight excluding hydrogens is 236 g/mol. The van der Waals surface area contributed by atoms with Gasteiger partial charge in [0.1, 0.15) is 11.4 Å². The summed E-state index contributed by atoms with van der Waals surface area (Å²) in [5.74, 6) is -0.487. The van der Waals surface area contributed by atoms with Gasteiger partial charge in [-0.3, -0.25) is 14.9 Å². The van der Waals surface area contributed by atoms with E-state index in [4.69, 9.17) is 0 Å². The van der Waals surface area contributed by atoms with Gasteiger partial charge in [0.2, 0.25) is 5.91 Å². The Hall–Kier alpha value is -2.11. The number of carbonyl (C=O) groups is 1. The summed E-state index contributed by atoms with van der Waals surface area (Å²) in [6, 6.07) is 3.57. The molecule has 1 saturated carbocycles. The van der Waals surface area contributed by atoms with Crippen molar-refractivity contribution < 1.29 is 14.8 Å². The third-order valence-corrected chi connectivity index (χ3v) is 3.26. The molecule has 1 aromatic carbocycles. The van der Waals surface area contributed by atoms with Crippen molar-refractivity contribution >= 4 is 17.3 Å². The van der Waals surface area contributed by atoms with Gasteiger partial charge in [0, 0.05) is 18.1 Å². The van der Waals surface area contributed by atoms with Gasteiger partial charge in [-0.25, -0.2) is 0 Å². The molecule has 0 saturated heterocycles. The van der Waals surface area contributed by atoms with Crippen LogP contribution in [0.1, 0.15) is 20.3 Å². The van der Waals surface area contributed by atoms with Crippen LogP contribution in [0.25, 0.3) is 0 Å². The van der Waals surface area contributed by atoms with E-state index in [1.807, 2.05) is 13.8 Å². The first kappa shape index (κ1) is 12.3. The van der Waals surface area contributed by atoms with E-state index < -0.39 is 4.92 Å². The van der Waals surface area contributed by atoms with E-state index in [0.717, 1.165) is 6.42 Å².